The molecule has 2 heterocycles. The number of aromatic nitrogens is 1. The Hall–Kier alpha value is -2.19. The van der Waals surface area contributed by atoms with Crippen LogP contribution < -0.4 is 20.8 Å². The number of hydrogen-bond donors (Lipinski definition) is 5. The Bertz CT molecular complexity index is 964. The van der Waals surface area contributed by atoms with Crippen LogP contribution in [0.3, 0.4) is 0 Å². The van der Waals surface area contributed by atoms with Crippen molar-refractivity contribution < 1.29 is 23.9 Å². The summed E-state index contributed by atoms with van der Waals surface area (Å²) >= 11 is 0. The third-order valence-electron chi connectivity index (χ3n) is 5.51. The van der Waals surface area contributed by atoms with E-state index in [0.717, 1.165) is 23.9 Å². The van der Waals surface area contributed by atoms with E-state index in [9.17, 15) is 23.9 Å². The molecule has 0 bridgehead atoms. The normalized spacial score (nSPS) is 20.4. The fourth-order valence-electron chi connectivity index (χ4n) is 3.91. The monoisotopic (exact) mass is 449 g/mol. The summed E-state index contributed by atoms with van der Waals surface area (Å²) < 4.78 is 12.1. The minimum absolute atomic E-state index is 0.0906. The van der Waals surface area contributed by atoms with Crippen LogP contribution >= 0.6 is 7.60 Å². The van der Waals surface area contributed by atoms with Gasteiger partial charge in [0.2, 0.25) is 11.8 Å². The predicted molar refractivity (Wildman–Crippen MR) is 116 cm³/mol. The second-order valence-electron chi connectivity index (χ2n) is 8.49. The molecule has 4 unspecified atom stereocenters. The van der Waals surface area contributed by atoms with Crippen LogP contribution in [0.4, 0.5) is 0 Å². The summed E-state index contributed by atoms with van der Waals surface area (Å²) in [4.78, 5) is 50.4. The van der Waals surface area contributed by atoms with Crippen molar-refractivity contribution in [1.82, 2.24) is 20.9 Å². The van der Waals surface area contributed by atoms with Gasteiger partial charge in [0, 0.05) is 23.5 Å². The van der Waals surface area contributed by atoms with Crippen LogP contribution in [0.2, 0.25) is 0 Å². The van der Waals surface area contributed by atoms with Crippen LogP contribution in [0.15, 0.2) is 30.5 Å². The first-order valence-corrected chi connectivity index (χ1v) is 12.2. The molecule has 1 fully saturated rings. The van der Waals surface area contributed by atoms with E-state index >= 15 is 0 Å². The molecule has 31 heavy (non-hydrogen) atoms. The zero-order chi connectivity index (χ0) is 22.6. The molecule has 0 spiro atoms. The highest BCUT2D eigenvalue weighted by atomic mass is 31.2. The number of para-hydroxylation sites is 1. The van der Waals surface area contributed by atoms with Gasteiger partial charge in [-0.2, -0.15) is 0 Å². The van der Waals surface area contributed by atoms with Crippen molar-refractivity contribution >= 4 is 30.3 Å². The molecule has 2 aromatic rings. The number of nitrogens with one attached hydrogen (secondary N) is 4. The number of fused-ring (bicyclic) bond motifs is 1. The summed E-state index contributed by atoms with van der Waals surface area (Å²) in [7, 11) is -4.90. The quantitative estimate of drug-likeness (QED) is 0.361. The largest absolute Gasteiger partial charge is 0.777 e. The molecule has 0 saturated carbocycles. The molecule has 4 atom stereocenters. The molecule has 2 amide bonds. The van der Waals surface area contributed by atoms with Crippen molar-refractivity contribution in [2.24, 2.45) is 5.92 Å². The maximum absolute atomic E-state index is 13.0. The summed E-state index contributed by atoms with van der Waals surface area (Å²) in [6, 6.07) is 6.12. The number of carbonyl (C=O) groups is 2. The van der Waals surface area contributed by atoms with E-state index in [-0.39, 0.29) is 24.3 Å². The lowest BCUT2D eigenvalue weighted by molar-refractivity contribution is -0.197. The molecular weight excluding hydrogens is 419 g/mol. The van der Waals surface area contributed by atoms with Gasteiger partial charge in [-0.25, -0.2) is 0 Å². The molecule has 9 nitrogen and oxygen atoms in total. The minimum atomic E-state index is -4.90. The van der Waals surface area contributed by atoms with E-state index in [0.29, 0.717) is 18.4 Å². The van der Waals surface area contributed by atoms with E-state index < -0.39 is 25.3 Å². The number of H-pyrrole nitrogens is 1. The molecule has 1 saturated heterocycles. The molecule has 0 radical (unpaired) electrons. The Morgan fingerprint density at radius 2 is 2.03 bits per heavy atom. The highest BCUT2D eigenvalue weighted by molar-refractivity contribution is 7.51. The summed E-state index contributed by atoms with van der Waals surface area (Å²) in [5.74, 6) is -2.32. The Kier molecular flexibility index (Phi) is 7.54. The molecule has 1 aliphatic rings. The van der Waals surface area contributed by atoms with Gasteiger partial charge in [-0.1, -0.05) is 32.0 Å². The van der Waals surface area contributed by atoms with Gasteiger partial charge in [0.25, 0.3) is 0 Å². The summed E-state index contributed by atoms with van der Waals surface area (Å²) in [6.07, 6.45) is 3.49. The number of rotatable bonds is 9. The second-order valence-corrected chi connectivity index (χ2v) is 10.2. The van der Waals surface area contributed by atoms with Crippen LogP contribution in [0.1, 0.15) is 38.7 Å². The minimum Gasteiger partial charge on any atom is -0.777 e. The maximum Gasteiger partial charge on any atom is 0.243 e. The Morgan fingerprint density at radius 1 is 1.29 bits per heavy atom. The van der Waals surface area contributed by atoms with Crippen LogP contribution in [-0.4, -0.2) is 46.1 Å². The van der Waals surface area contributed by atoms with Crippen LogP contribution in [0.5, 0.6) is 0 Å². The number of hydrogen-bond acceptors (Lipinski definition) is 5. The fourth-order valence-corrected chi connectivity index (χ4v) is 4.62. The van der Waals surface area contributed by atoms with Crippen LogP contribution in [0.25, 0.3) is 10.9 Å². The first kappa shape index (κ1) is 23.5. The lowest BCUT2D eigenvalue weighted by atomic mass is 10.0. The van der Waals surface area contributed by atoms with Gasteiger partial charge in [0.1, 0.15) is 6.04 Å². The molecule has 1 aromatic carbocycles. The molecule has 3 rings (SSSR count). The average molecular weight is 449 g/mol. The van der Waals surface area contributed by atoms with Crippen LogP contribution in [0, 0.1) is 5.92 Å². The first-order chi connectivity index (χ1) is 14.6. The summed E-state index contributed by atoms with van der Waals surface area (Å²) in [6.45, 7) is 4.57. The van der Waals surface area contributed by atoms with Gasteiger partial charge in [-0.15, -0.1) is 0 Å². The first-order valence-electron chi connectivity index (χ1n) is 10.6. The fraction of sp³-hybridized carbons (Fsp3) is 0.524. The second kappa shape index (κ2) is 9.96. The van der Waals surface area contributed by atoms with Gasteiger partial charge >= 0.3 is 0 Å². The van der Waals surface area contributed by atoms with Crippen molar-refractivity contribution in [2.45, 2.75) is 57.4 Å². The molecule has 170 valence electrons. The zero-order valence-corrected chi connectivity index (χ0v) is 18.7. The van der Waals surface area contributed by atoms with Crippen molar-refractivity contribution in [3.05, 3.63) is 36.0 Å². The summed E-state index contributed by atoms with van der Waals surface area (Å²) in [5, 5.41) is 9.09. The predicted octanol–water partition coefficient (Wildman–Crippen LogP) is 0.981. The SMILES string of the molecule is CC(C)CC(NC(=O)C1CCCN1)C(=O)NC(Cc1c[nH]c2ccccc12)P(=O)([O-])O. The number of carbonyl (C=O) groups excluding carboxylic acids is 2. The lowest BCUT2D eigenvalue weighted by Crippen LogP contribution is -2.54. The smallest absolute Gasteiger partial charge is 0.243 e. The molecule has 1 aliphatic heterocycles. The van der Waals surface area contributed by atoms with E-state index in [1.807, 2.05) is 38.1 Å². The van der Waals surface area contributed by atoms with E-state index in [2.05, 4.69) is 20.9 Å². The molecule has 1 aromatic heterocycles. The number of aromatic amines is 1. The molecule has 10 heteroatoms. The highest BCUT2D eigenvalue weighted by Crippen LogP contribution is 2.37. The summed E-state index contributed by atoms with van der Waals surface area (Å²) in [5.41, 5.74) is 1.49. The maximum atomic E-state index is 13.0. The lowest BCUT2D eigenvalue weighted by Gasteiger charge is -2.30. The highest BCUT2D eigenvalue weighted by Gasteiger charge is 2.31. The van der Waals surface area contributed by atoms with Crippen molar-refractivity contribution in [3.63, 3.8) is 0 Å². The zero-order valence-electron chi connectivity index (χ0n) is 17.8. The van der Waals surface area contributed by atoms with E-state index in [4.69, 9.17) is 0 Å². The van der Waals surface area contributed by atoms with Crippen LogP contribution in [-0.2, 0) is 20.6 Å². The number of benzene rings is 1. The third-order valence-corrected chi connectivity index (χ3v) is 6.61. The average Bonchev–Trinajstić information content (AvgIpc) is 3.36. The van der Waals surface area contributed by atoms with Crippen molar-refractivity contribution in [1.29, 1.82) is 0 Å². The Labute approximate surface area is 181 Å². The molecular formula is C21H30N4O5P-. The Balaban J connectivity index is 1.75. The topological polar surface area (TPSA) is 146 Å². The standard InChI is InChI=1S/C21H31N4O5P/c1-13(2)10-18(24-20(26)17-8-5-9-22-17)21(27)25-19(31(28,29)30)11-14-12-23-16-7-4-3-6-15(14)16/h3-4,6-7,12-13,17-19,22-23H,5,8-11H2,1-2H3,(H,24,26)(H,25,27)(H2,28,29,30)/p-1. The number of amides is 2. The Morgan fingerprint density at radius 3 is 2.68 bits per heavy atom. The van der Waals surface area contributed by atoms with E-state index in [1.54, 1.807) is 6.20 Å². The van der Waals surface area contributed by atoms with E-state index in [1.165, 1.54) is 0 Å². The van der Waals surface area contributed by atoms with Gasteiger partial charge in [0.15, 0.2) is 7.60 Å². The van der Waals surface area contributed by atoms with Crippen molar-refractivity contribution in [2.75, 3.05) is 6.54 Å². The van der Waals surface area contributed by atoms with Crippen molar-refractivity contribution in [3.8, 4) is 0 Å². The third kappa shape index (κ3) is 6.17. The van der Waals surface area contributed by atoms with Gasteiger partial charge in [-0.05, 0) is 43.4 Å². The van der Waals surface area contributed by atoms with Gasteiger partial charge < -0.3 is 35.3 Å². The molecule has 0 aliphatic carbocycles. The van der Waals surface area contributed by atoms with Gasteiger partial charge in [-0.3, -0.25) is 9.59 Å². The molecule has 5 N–H and O–H groups in total. The van der Waals surface area contributed by atoms with Gasteiger partial charge in [0.05, 0.1) is 11.8 Å².